The van der Waals surface area contributed by atoms with E-state index >= 15 is 0 Å². The second-order valence-electron chi connectivity index (χ2n) is 4.79. The van der Waals surface area contributed by atoms with E-state index in [2.05, 4.69) is 22.9 Å². The fourth-order valence-electron chi connectivity index (χ4n) is 2.03. The first kappa shape index (κ1) is 13.4. The zero-order chi connectivity index (χ0) is 13.1. The highest BCUT2D eigenvalue weighted by Crippen LogP contribution is 2.31. The number of carbonyl (C=O) groups excluding carboxylic acids is 1. The van der Waals surface area contributed by atoms with Crippen LogP contribution in [0.2, 0.25) is 0 Å². The Balaban J connectivity index is 2.19. The van der Waals surface area contributed by atoms with Crippen LogP contribution in [0.15, 0.2) is 22.7 Å². The topological polar surface area (TPSA) is 46.3 Å². The molecule has 0 radical (unpaired) electrons. The molecule has 1 aliphatic rings. The SMILES string of the molecule is CCCCN(C(=O)c1cccc(N)c1Br)C1CC1. The van der Waals surface area contributed by atoms with Crippen molar-refractivity contribution in [3.05, 3.63) is 28.2 Å². The number of carbonyl (C=O) groups is 1. The maximum absolute atomic E-state index is 12.5. The Bertz CT molecular complexity index is 443. The summed E-state index contributed by atoms with van der Waals surface area (Å²) in [4.78, 5) is 14.5. The van der Waals surface area contributed by atoms with Crippen molar-refractivity contribution in [1.82, 2.24) is 4.90 Å². The predicted molar refractivity (Wildman–Crippen MR) is 77.5 cm³/mol. The van der Waals surface area contributed by atoms with Gasteiger partial charge in [-0.15, -0.1) is 0 Å². The minimum atomic E-state index is 0.102. The maximum Gasteiger partial charge on any atom is 0.255 e. The van der Waals surface area contributed by atoms with Crippen LogP contribution in [0.4, 0.5) is 5.69 Å². The molecule has 1 fully saturated rings. The highest BCUT2D eigenvalue weighted by atomic mass is 79.9. The molecule has 1 aromatic carbocycles. The maximum atomic E-state index is 12.5. The Morgan fingerprint density at radius 1 is 1.50 bits per heavy atom. The summed E-state index contributed by atoms with van der Waals surface area (Å²) in [6.45, 7) is 2.99. The average molecular weight is 311 g/mol. The fraction of sp³-hybridized carbons (Fsp3) is 0.500. The van der Waals surface area contributed by atoms with Crippen molar-refractivity contribution >= 4 is 27.5 Å². The standard InChI is InChI=1S/C14H19BrN2O/c1-2-3-9-17(10-7-8-10)14(18)11-5-4-6-12(16)13(11)15/h4-6,10H,2-3,7-9,16H2,1H3. The molecule has 0 aliphatic heterocycles. The van der Waals surface area contributed by atoms with E-state index in [-0.39, 0.29) is 5.91 Å². The molecule has 0 atom stereocenters. The van der Waals surface area contributed by atoms with Gasteiger partial charge in [0.2, 0.25) is 0 Å². The van der Waals surface area contributed by atoms with Crippen molar-refractivity contribution in [3.8, 4) is 0 Å². The number of nitrogens with zero attached hydrogens (tertiary/aromatic N) is 1. The van der Waals surface area contributed by atoms with Gasteiger partial charge < -0.3 is 10.6 Å². The van der Waals surface area contributed by atoms with Gasteiger partial charge in [0.25, 0.3) is 5.91 Å². The van der Waals surface area contributed by atoms with Gasteiger partial charge in [0.1, 0.15) is 0 Å². The van der Waals surface area contributed by atoms with E-state index in [0.717, 1.165) is 36.7 Å². The zero-order valence-corrected chi connectivity index (χ0v) is 12.2. The molecular weight excluding hydrogens is 292 g/mol. The summed E-state index contributed by atoms with van der Waals surface area (Å²) in [5, 5.41) is 0. The molecule has 0 bridgehead atoms. The van der Waals surface area contributed by atoms with E-state index in [1.807, 2.05) is 17.0 Å². The highest BCUT2D eigenvalue weighted by Gasteiger charge is 2.33. The molecule has 1 aromatic rings. The average Bonchev–Trinajstić information content (AvgIpc) is 3.17. The van der Waals surface area contributed by atoms with Crippen LogP contribution in [-0.4, -0.2) is 23.4 Å². The summed E-state index contributed by atoms with van der Waals surface area (Å²) in [5.41, 5.74) is 7.13. The van der Waals surface area contributed by atoms with Gasteiger partial charge >= 0.3 is 0 Å². The number of amides is 1. The van der Waals surface area contributed by atoms with Crippen molar-refractivity contribution in [3.63, 3.8) is 0 Å². The number of halogens is 1. The zero-order valence-electron chi connectivity index (χ0n) is 10.7. The number of benzene rings is 1. The Morgan fingerprint density at radius 3 is 2.83 bits per heavy atom. The van der Waals surface area contributed by atoms with Crippen molar-refractivity contribution < 1.29 is 4.79 Å². The van der Waals surface area contributed by atoms with E-state index in [9.17, 15) is 4.79 Å². The third-order valence-electron chi connectivity index (χ3n) is 3.26. The molecule has 0 saturated heterocycles. The molecule has 3 nitrogen and oxygen atoms in total. The lowest BCUT2D eigenvalue weighted by Gasteiger charge is -2.23. The van der Waals surface area contributed by atoms with Gasteiger partial charge in [0.15, 0.2) is 0 Å². The first-order chi connectivity index (χ1) is 8.65. The number of rotatable bonds is 5. The first-order valence-electron chi connectivity index (χ1n) is 6.50. The van der Waals surface area contributed by atoms with Gasteiger partial charge in [-0.2, -0.15) is 0 Å². The second kappa shape index (κ2) is 5.74. The lowest BCUT2D eigenvalue weighted by Crippen LogP contribution is -2.34. The lowest BCUT2D eigenvalue weighted by molar-refractivity contribution is 0.0740. The molecule has 18 heavy (non-hydrogen) atoms. The van der Waals surface area contributed by atoms with Crippen molar-refractivity contribution in [2.24, 2.45) is 0 Å². The predicted octanol–water partition coefficient (Wildman–Crippen LogP) is 3.44. The second-order valence-corrected chi connectivity index (χ2v) is 5.59. The molecule has 0 spiro atoms. The summed E-state index contributed by atoms with van der Waals surface area (Å²) >= 11 is 3.41. The number of hydrogen-bond acceptors (Lipinski definition) is 2. The third kappa shape index (κ3) is 2.86. The van der Waals surface area contributed by atoms with Crippen LogP contribution in [0.3, 0.4) is 0 Å². The molecular formula is C14H19BrN2O. The molecule has 2 N–H and O–H groups in total. The summed E-state index contributed by atoms with van der Waals surface area (Å²) in [5.74, 6) is 0.102. The molecule has 2 rings (SSSR count). The quantitative estimate of drug-likeness (QED) is 0.847. The summed E-state index contributed by atoms with van der Waals surface area (Å²) < 4.78 is 0.720. The van der Waals surface area contributed by atoms with Crippen LogP contribution in [0.5, 0.6) is 0 Å². The number of anilines is 1. The molecule has 4 heteroatoms. The van der Waals surface area contributed by atoms with Crippen LogP contribution in [0, 0.1) is 0 Å². The number of unbranched alkanes of at least 4 members (excludes halogenated alkanes) is 1. The molecule has 0 aromatic heterocycles. The smallest absolute Gasteiger partial charge is 0.255 e. The molecule has 1 aliphatic carbocycles. The van der Waals surface area contributed by atoms with Crippen LogP contribution < -0.4 is 5.73 Å². The summed E-state index contributed by atoms with van der Waals surface area (Å²) in [6.07, 6.45) is 4.43. The Morgan fingerprint density at radius 2 is 2.22 bits per heavy atom. The van der Waals surface area contributed by atoms with E-state index in [1.165, 1.54) is 0 Å². The van der Waals surface area contributed by atoms with Crippen LogP contribution in [0.25, 0.3) is 0 Å². The van der Waals surface area contributed by atoms with Crippen LogP contribution >= 0.6 is 15.9 Å². The van der Waals surface area contributed by atoms with Gasteiger partial charge in [-0.05, 0) is 47.3 Å². The van der Waals surface area contributed by atoms with E-state index in [1.54, 1.807) is 6.07 Å². The van der Waals surface area contributed by atoms with E-state index < -0.39 is 0 Å². The van der Waals surface area contributed by atoms with Crippen molar-refractivity contribution in [2.45, 2.75) is 38.6 Å². The minimum Gasteiger partial charge on any atom is -0.398 e. The van der Waals surface area contributed by atoms with Gasteiger partial charge in [-0.3, -0.25) is 4.79 Å². The summed E-state index contributed by atoms with van der Waals surface area (Å²) in [6, 6.07) is 5.91. The van der Waals surface area contributed by atoms with E-state index in [0.29, 0.717) is 17.3 Å². The molecule has 1 amide bonds. The van der Waals surface area contributed by atoms with Crippen molar-refractivity contribution in [1.29, 1.82) is 0 Å². The summed E-state index contributed by atoms with van der Waals surface area (Å²) in [7, 11) is 0. The molecule has 0 heterocycles. The Labute approximate surface area is 116 Å². The van der Waals surface area contributed by atoms with Gasteiger partial charge in [-0.1, -0.05) is 19.4 Å². The van der Waals surface area contributed by atoms with Gasteiger partial charge in [-0.25, -0.2) is 0 Å². The Kier molecular flexibility index (Phi) is 4.27. The molecule has 98 valence electrons. The Hall–Kier alpha value is -1.03. The van der Waals surface area contributed by atoms with Crippen molar-refractivity contribution in [2.75, 3.05) is 12.3 Å². The molecule has 1 saturated carbocycles. The monoisotopic (exact) mass is 310 g/mol. The number of hydrogen-bond donors (Lipinski definition) is 1. The fourth-order valence-corrected chi connectivity index (χ4v) is 2.47. The third-order valence-corrected chi connectivity index (χ3v) is 4.15. The normalized spacial score (nSPS) is 14.6. The van der Waals surface area contributed by atoms with Crippen LogP contribution in [0.1, 0.15) is 43.0 Å². The lowest BCUT2D eigenvalue weighted by atomic mass is 10.1. The van der Waals surface area contributed by atoms with E-state index in [4.69, 9.17) is 5.73 Å². The van der Waals surface area contributed by atoms with Crippen LogP contribution in [-0.2, 0) is 0 Å². The first-order valence-corrected chi connectivity index (χ1v) is 7.29. The number of nitrogen functional groups attached to an aromatic ring is 1. The largest absolute Gasteiger partial charge is 0.398 e. The molecule has 0 unspecified atom stereocenters. The van der Waals surface area contributed by atoms with Gasteiger partial charge in [0.05, 0.1) is 10.0 Å². The minimum absolute atomic E-state index is 0.102. The number of nitrogens with two attached hydrogens (primary N) is 1. The highest BCUT2D eigenvalue weighted by molar-refractivity contribution is 9.10. The van der Waals surface area contributed by atoms with Gasteiger partial charge in [0, 0.05) is 18.3 Å².